The monoisotopic (exact) mass is 204 g/mol. The Labute approximate surface area is 92.2 Å². The van der Waals surface area contributed by atoms with Gasteiger partial charge in [-0.1, -0.05) is 44.2 Å². The fraction of sp³-hybridized carbons (Fsp3) is 0.462. The van der Waals surface area contributed by atoms with Crippen molar-refractivity contribution in [3.05, 3.63) is 35.9 Å². The summed E-state index contributed by atoms with van der Waals surface area (Å²) >= 11 is 0. The average molecular weight is 204 g/mol. The number of rotatable bonds is 4. The smallest absolute Gasteiger partial charge is 0.104 e. The van der Waals surface area contributed by atoms with E-state index in [4.69, 9.17) is 5.73 Å². The number of nitrogens with zero attached hydrogens (tertiary/aromatic N) is 1. The molecular formula is C13H20N2. The second kappa shape index (κ2) is 4.96. The van der Waals surface area contributed by atoms with E-state index in [-0.39, 0.29) is 5.41 Å². The molecule has 2 nitrogen and oxygen atoms in total. The summed E-state index contributed by atoms with van der Waals surface area (Å²) in [5.74, 6) is 0.735. The van der Waals surface area contributed by atoms with Crippen molar-refractivity contribution in [2.45, 2.75) is 32.1 Å². The molecule has 0 saturated heterocycles. The second-order valence-electron chi connectivity index (χ2n) is 3.76. The van der Waals surface area contributed by atoms with E-state index in [2.05, 4.69) is 43.1 Å². The lowest BCUT2D eigenvalue weighted by Gasteiger charge is -2.31. The fourth-order valence-electron chi connectivity index (χ4n) is 2.14. The number of amidine groups is 1. The Kier molecular flexibility index (Phi) is 3.89. The highest BCUT2D eigenvalue weighted by molar-refractivity contribution is 5.91. The Morgan fingerprint density at radius 1 is 1.20 bits per heavy atom. The zero-order valence-electron chi connectivity index (χ0n) is 9.83. The highest BCUT2D eigenvalue weighted by Crippen LogP contribution is 2.31. The molecule has 15 heavy (non-hydrogen) atoms. The number of hydrogen-bond donors (Lipinski definition) is 1. The van der Waals surface area contributed by atoms with Crippen LogP contribution < -0.4 is 5.73 Å². The predicted molar refractivity (Wildman–Crippen MR) is 66.2 cm³/mol. The Morgan fingerprint density at radius 3 is 2.13 bits per heavy atom. The van der Waals surface area contributed by atoms with E-state index in [9.17, 15) is 0 Å². The van der Waals surface area contributed by atoms with Crippen LogP contribution >= 0.6 is 0 Å². The van der Waals surface area contributed by atoms with Gasteiger partial charge in [-0.05, 0) is 18.4 Å². The molecule has 0 aromatic heterocycles. The minimum absolute atomic E-state index is 0.0873. The van der Waals surface area contributed by atoms with Gasteiger partial charge < -0.3 is 5.73 Å². The third kappa shape index (κ3) is 2.04. The molecule has 0 aliphatic rings. The maximum Gasteiger partial charge on any atom is 0.104 e. The van der Waals surface area contributed by atoms with Crippen molar-refractivity contribution in [3.63, 3.8) is 0 Å². The van der Waals surface area contributed by atoms with E-state index in [0.29, 0.717) is 0 Å². The van der Waals surface area contributed by atoms with Gasteiger partial charge in [-0.2, -0.15) is 0 Å². The zero-order valence-corrected chi connectivity index (χ0v) is 9.83. The van der Waals surface area contributed by atoms with Gasteiger partial charge >= 0.3 is 0 Å². The highest BCUT2D eigenvalue weighted by atomic mass is 14.9. The van der Waals surface area contributed by atoms with Gasteiger partial charge in [0.05, 0.1) is 5.41 Å². The molecule has 0 atom stereocenters. The lowest BCUT2D eigenvalue weighted by atomic mass is 9.75. The number of benzene rings is 1. The van der Waals surface area contributed by atoms with Crippen LogP contribution in [0.3, 0.4) is 0 Å². The average Bonchev–Trinajstić information content (AvgIpc) is 2.32. The molecule has 0 amide bonds. The molecule has 82 valence electrons. The minimum Gasteiger partial charge on any atom is -0.387 e. The molecule has 1 aromatic rings. The van der Waals surface area contributed by atoms with Crippen molar-refractivity contribution in [1.29, 1.82) is 0 Å². The van der Waals surface area contributed by atoms with Crippen molar-refractivity contribution in [2.75, 3.05) is 7.05 Å². The summed E-state index contributed by atoms with van der Waals surface area (Å²) in [5.41, 5.74) is 7.23. The molecule has 0 unspecified atom stereocenters. The Bertz CT molecular complexity index is 324. The van der Waals surface area contributed by atoms with Gasteiger partial charge in [-0.3, -0.25) is 4.99 Å². The van der Waals surface area contributed by atoms with Crippen LogP contribution in [0.2, 0.25) is 0 Å². The lowest BCUT2D eigenvalue weighted by molar-refractivity contribution is 0.528. The van der Waals surface area contributed by atoms with Gasteiger partial charge in [0.15, 0.2) is 0 Å². The summed E-state index contributed by atoms with van der Waals surface area (Å²) in [6.07, 6.45) is 1.97. The zero-order chi connectivity index (χ0) is 11.3. The van der Waals surface area contributed by atoms with Crippen molar-refractivity contribution in [1.82, 2.24) is 0 Å². The van der Waals surface area contributed by atoms with E-state index in [1.165, 1.54) is 5.56 Å². The molecule has 0 heterocycles. The van der Waals surface area contributed by atoms with Crippen LogP contribution in [0.25, 0.3) is 0 Å². The Balaban J connectivity index is 3.23. The quantitative estimate of drug-likeness (QED) is 0.594. The molecule has 0 aliphatic heterocycles. The molecule has 1 aromatic carbocycles. The molecule has 0 spiro atoms. The van der Waals surface area contributed by atoms with Crippen LogP contribution in [0.1, 0.15) is 32.3 Å². The molecule has 0 fully saturated rings. The third-order valence-electron chi connectivity index (χ3n) is 3.26. The van der Waals surface area contributed by atoms with Crippen LogP contribution in [-0.4, -0.2) is 12.9 Å². The van der Waals surface area contributed by atoms with Gasteiger partial charge in [0.25, 0.3) is 0 Å². The molecule has 0 radical (unpaired) electrons. The van der Waals surface area contributed by atoms with Gasteiger partial charge in [0.1, 0.15) is 5.84 Å². The van der Waals surface area contributed by atoms with Crippen molar-refractivity contribution >= 4 is 5.84 Å². The Hall–Kier alpha value is -1.31. The standard InChI is InChI=1S/C13H20N2/c1-4-13(5-2,12(14)15-3)11-9-7-6-8-10-11/h6-10H,4-5H2,1-3H3,(H2,14,15). The van der Waals surface area contributed by atoms with Crippen LogP contribution in [0.4, 0.5) is 0 Å². The maximum absolute atomic E-state index is 6.06. The van der Waals surface area contributed by atoms with Crippen molar-refractivity contribution in [2.24, 2.45) is 10.7 Å². The molecule has 2 N–H and O–H groups in total. The normalized spacial score (nSPS) is 12.9. The molecule has 0 aliphatic carbocycles. The Morgan fingerprint density at radius 2 is 1.73 bits per heavy atom. The van der Waals surface area contributed by atoms with Gasteiger partial charge in [0.2, 0.25) is 0 Å². The maximum atomic E-state index is 6.06. The van der Waals surface area contributed by atoms with E-state index < -0.39 is 0 Å². The molecule has 1 rings (SSSR count). The summed E-state index contributed by atoms with van der Waals surface area (Å²) in [7, 11) is 1.76. The van der Waals surface area contributed by atoms with Crippen molar-refractivity contribution < 1.29 is 0 Å². The van der Waals surface area contributed by atoms with E-state index in [1.54, 1.807) is 7.05 Å². The van der Waals surface area contributed by atoms with Crippen LogP contribution in [0.5, 0.6) is 0 Å². The summed E-state index contributed by atoms with van der Waals surface area (Å²) < 4.78 is 0. The first-order valence-electron chi connectivity index (χ1n) is 5.49. The SMILES string of the molecule is CCC(CC)(C(N)=NC)c1ccccc1. The van der Waals surface area contributed by atoms with E-state index in [0.717, 1.165) is 18.7 Å². The van der Waals surface area contributed by atoms with Gasteiger partial charge in [-0.25, -0.2) is 0 Å². The lowest BCUT2D eigenvalue weighted by Crippen LogP contribution is -2.40. The first-order valence-corrected chi connectivity index (χ1v) is 5.49. The van der Waals surface area contributed by atoms with Crippen molar-refractivity contribution in [3.8, 4) is 0 Å². The van der Waals surface area contributed by atoms with E-state index >= 15 is 0 Å². The van der Waals surface area contributed by atoms with Crippen LogP contribution in [-0.2, 0) is 5.41 Å². The molecule has 0 bridgehead atoms. The summed E-state index contributed by atoms with van der Waals surface area (Å²) in [5, 5.41) is 0. The van der Waals surface area contributed by atoms with Gasteiger partial charge in [-0.15, -0.1) is 0 Å². The highest BCUT2D eigenvalue weighted by Gasteiger charge is 2.32. The summed E-state index contributed by atoms with van der Waals surface area (Å²) in [4.78, 5) is 4.17. The predicted octanol–water partition coefficient (Wildman–Crippen LogP) is 2.73. The van der Waals surface area contributed by atoms with Crippen LogP contribution in [0, 0.1) is 0 Å². The molecule has 0 saturated carbocycles. The number of hydrogen-bond acceptors (Lipinski definition) is 1. The second-order valence-corrected chi connectivity index (χ2v) is 3.76. The number of nitrogens with two attached hydrogens (primary N) is 1. The summed E-state index contributed by atoms with van der Waals surface area (Å²) in [6, 6.07) is 10.4. The topological polar surface area (TPSA) is 38.4 Å². The van der Waals surface area contributed by atoms with E-state index in [1.807, 2.05) is 6.07 Å². The molecular weight excluding hydrogens is 184 g/mol. The molecule has 2 heteroatoms. The van der Waals surface area contributed by atoms with Crippen LogP contribution in [0.15, 0.2) is 35.3 Å². The third-order valence-corrected chi connectivity index (χ3v) is 3.26. The largest absolute Gasteiger partial charge is 0.387 e. The number of aliphatic imine (C=N–C) groups is 1. The summed E-state index contributed by atoms with van der Waals surface area (Å²) in [6.45, 7) is 4.32. The first kappa shape index (κ1) is 11.8. The minimum atomic E-state index is -0.0873. The fourth-order valence-corrected chi connectivity index (χ4v) is 2.14. The first-order chi connectivity index (χ1) is 7.21. The van der Waals surface area contributed by atoms with Gasteiger partial charge in [0, 0.05) is 7.05 Å².